The monoisotopic (exact) mass is 507 g/mol. The van der Waals surface area contributed by atoms with Crippen molar-refractivity contribution in [2.24, 2.45) is 0 Å². The average Bonchev–Trinajstić information content (AvgIpc) is 2.65. The molecule has 1 amide bonds. The molecule has 188 valence electrons. The van der Waals surface area contributed by atoms with E-state index in [0.717, 1.165) is 12.1 Å². The summed E-state index contributed by atoms with van der Waals surface area (Å²) >= 11 is 0. The van der Waals surface area contributed by atoms with Crippen LogP contribution in [-0.2, 0) is 14.9 Å². The molecule has 1 aromatic carbocycles. The van der Waals surface area contributed by atoms with Crippen molar-refractivity contribution in [2.75, 3.05) is 18.0 Å². The molecule has 34 heavy (non-hydrogen) atoms. The highest BCUT2D eigenvalue weighted by atomic mass is 32.2. The second kappa shape index (κ2) is 8.75. The molecule has 1 saturated heterocycles. The zero-order valence-electron chi connectivity index (χ0n) is 19.2. The van der Waals surface area contributed by atoms with Gasteiger partial charge in [0, 0.05) is 30.2 Å². The Morgan fingerprint density at radius 1 is 1.09 bits per heavy atom. The molecule has 1 fully saturated rings. The van der Waals surface area contributed by atoms with Gasteiger partial charge in [-0.1, -0.05) is 0 Å². The number of halogens is 4. The van der Waals surface area contributed by atoms with E-state index in [-0.39, 0.29) is 23.0 Å². The van der Waals surface area contributed by atoms with Gasteiger partial charge >= 0.3 is 21.7 Å². The van der Waals surface area contributed by atoms with Crippen LogP contribution in [0, 0.1) is 5.82 Å². The van der Waals surface area contributed by atoms with Crippen LogP contribution in [0.2, 0.25) is 0 Å². The smallest absolute Gasteiger partial charge is 0.444 e. The van der Waals surface area contributed by atoms with E-state index < -0.39 is 39.0 Å². The first-order valence-electron chi connectivity index (χ1n) is 10.4. The van der Waals surface area contributed by atoms with Crippen molar-refractivity contribution in [1.29, 1.82) is 0 Å². The lowest BCUT2D eigenvalue weighted by Gasteiger charge is -2.45. The van der Waals surface area contributed by atoms with Crippen molar-refractivity contribution in [1.82, 2.24) is 9.88 Å². The topological polar surface area (TPSA) is 89.0 Å². The van der Waals surface area contributed by atoms with Crippen LogP contribution in [0.25, 0.3) is 10.9 Å². The zero-order valence-corrected chi connectivity index (χ0v) is 20.0. The number of amides is 1. The van der Waals surface area contributed by atoms with Gasteiger partial charge in [-0.2, -0.15) is 21.6 Å². The van der Waals surface area contributed by atoms with Crippen molar-refractivity contribution < 1.29 is 39.7 Å². The summed E-state index contributed by atoms with van der Waals surface area (Å²) < 4.78 is 84.3. The van der Waals surface area contributed by atoms with Gasteiger partial charge in [-0.15, -0.1) is 0 Å². The third-order valence-electron chi connectivity index (χ3n) is 5.07. The number of hydrogen-bond donors (Lipinski definition) is 0. The second-order valence-electron chi connectivity index (χ2n) is 9.12. The molecule has 1 aromatic heterocycles. The van der Waals surface area contributed by atoms with Crippen LogP contribution in [0.3, 0.4) is 0 Å². The van der Waals surface area contributed by atoms with Gasteiger partial charge < -0.3 is 13.8 Å². The van der Waals surface area contributed by atoms with Crippen LogP contribution in [0.15, 0.2) is 24.3 Å². The first-order chi connectivity index (χ1) is 15.5. The average molecular weight is 508 g/mol. The van der Waals surface area contributed by atoms with Crippen molar-refractivity contribution in [2.45, 2.75) is 57.8 Å². The highest BCUT2D eigenvalue weighted by Crippen LogP contribution is 2.31. The highest BCUT2D eigenvalue weighted by molar-refractivity contribution is 7.87. The molecule has 0 N–H and O–H groups in total. The van der Waals surface area contributed by atoms with Gasteiger partial charge in [0.1, 0.15) is 11.1 Å². The van der Waals surface area contributed by atoms with E-state index in [4.69, 9.17) is 4.74 Å². The van der Waals surface area contributed by atoms with Crippen molar-refractivity contribution in [3.05, 3.63) is 30.1 Å². The lowest BCUT2D eigenvalue weighted by Crippen LogP contribution is -2.59. The van der Waals surface area contributed by atoms with Crippen molar-refractivity contribution >= 4 is 32.8 Å². The Morgan fingerprint density at radius 3 is 2.21 bits per heavy atom. The van der Waals surface area contributed by atoms with Gasteiger partial charge in [-0.3, -0.25) is 4.90 Å². The Bertz CT molecular complexity index is 1190. The summed E-state index contributed by atoms with van der Waals surface area (Å²) in [7, 11) is -5.93. The molecule has 2 aromatic rings. The zero-order chi connectivity index (χ0) is 25.6. The maximum Gasteiger partial charge on any atom is 0.534 e. The van der Waals surface area contributed by atoms with Crippen LogP contribution in [0.1, 0.15) is 34.6 Å². The number of nitrogens with zero attached hydrogens (tertiary/aromatic N) is 3. The number of carbonyl (C=O) groups excluding carboxylic acids is 1. The van der Waals surface area contributed by atoms with Gasteiger partial charge in [-0.25, -0.2) is 14.2 Å². The molecule has 8 nitrogen and oxygen atoms in total. The van der Waals surface area contributed by atoms with Crippen LogP contribution >= 0.6 is 0 Å². The molecule has 0 unspecified atom stereocenters. The molecule has 0 bridgehead atoms. The molecule has 0 aliphatic carbocycles. The lowest BCUT2D eigenvalue weighted by molar-refractivity contribution is -0.0501. The highest BCUT2D eigenvalue weighted by Gasteiger charge is 2.49. The minimum atomic E-state index is -5.93. The predicted octanol–water partition coefficient (Wildman–Crippen LogP) is 4.44. The molecule has 2 atom stereocenters. The quantitative estimate of drug-likeness (QED) is 0.345. The van der Waals surface area contributed by atoms with Gasteiger partial charge in [-0.05, 0) is 52.8 Å². The number of benzene rings is 1. The van der Waals surface area contributed by atoms with Crippen LogP contribution in [0.5, 0.6) is 5.88 Å². The number of piperazine rings is 1. The Kier molecular flexibility index (Phi) is 6.64. The summed E-state index contributed by atoms with van der Waals surface area (Å²) in [4.78, 5) is 19.7. The molecule has 2 heterocycles. The predicted molar refractivity (Wildman–Crippen MR) is 117 cm³/mol. The van der Waals surface area contributed by atoms with E-state index in [9.17, 15) is 30.8 Å². The number of carbonyl (C=O) groups is 1. The Balaban J connectivity index is 1.84. The number of hydrogen-bond acceptors (Lipinski definition) is 7. The number of fused-ring (bicyclic) bond motifs is 1. The SMILES string of the molecule is C[C@H]1CN(c2cc(F)c3nc(OS(=O)(=O)C(F)(F)F)ccc3c2)C[C@H](C)N1C(=O)OC(C)(C)C. The minimum absolute atomic E-state index is 0.238. The molecular weight excluding hydrogens is 482 g/mol. The summed E-state index contributed by atoms with van der Waals surface area (Å²) in [5.41, 5.74) is -6.15. The molecule has 3 rings (SSSR count). The van der Waals surface area contributed by atoms with E-state index in [1.807, 2.05) is 18.7 Å². The van der Waals surface area contributed by atoms with Gasteiger partial charge in [0.2, 0.25) is 5.88 Å². The molecule has 0 spiro atoms. The number of aromatic nitrogens is 1. The molecule has 0 saturated carbocycles. The number of alkyl halides is 3. The molecule has 1 aliphatic heterocycles. The third kappa shape index (κ3) is 5.45. The third-order valence-corrected chi connectivity index (χ3v) is 6.03. The Morgan fingerprint density at radius 2 is 1.68 bits per heavy atom. The van der Waals surface area contributed by atoms with Crippen LogP contribution < -0.4 is 9.08 Å². The van der Waals surface area contributed by atoms with Crippen molar-refractivity contribution in [3.8, 4) is 5.88 Å². The number of anilines is 1. The summed E-state index contributed by atoms with van der Waals surface area (Å²) in [6, 6.07) is 4.37. The largest absolute Gasteiger partial charge is 0.534 e. The van der Waals surface area contributed by atoms with Gasteiger partial charge in [0.15, 0.2) is 5.82 Å². The van der Waals surface area contributed by atoms with Crippen molar-refractivity contribution in [3.63, 3.8) is 0 Å². The van der Waals surface area contributed by atoms with Crippen LogP contribution in [-0.4, -0.2) is 60.7 Å². The van der Waals surface area contributed by atoms with Gasteiger partial charge in [0.25, 0.3) is 0 Å². The molecule has 13 heteroatoms. The van der Waals surface area contributed by atoms with Gasteiger partial charge in [0.05, 0.1) is 12.1 Å². The molecular formula is C21H25F4N3O5S. The fourth-order valence-corrected chi connectivity index (χ4v) is 4.17. The standard InChI is InChI=1S/C21H25F4N3O5S/c1-12-10-27(11-13(2)28(12)19(29)32-20(3,4)5)15-8-14-6-7-17(26-18(14)16(22)9-15)33-34(30,31)21(23,24)25/h6-9,12-13H,10-11H2,1-5H3/t12-,13-/m0/s1. The van der Waals surface area contributed by atoms with E-state index in [0.29, 0.717) is 18.8 Å². The normalized spacial score (nSPS) is 19.9. The van der Waals surface area contributed by atoms with E-state index in [1.165, 1.54) is 6.07 Å². The second-order valence-corrected chi connectivity index (χ2v) is 10.7. The summed E-state index contributed by atoms with van der Waals surface area (Å²) in [5, 5.41) is 0.238. The summed E-state index contributed by atoms with van der Waals surface area (Å²) in [6.07, 6.45) is -0.442. The fourth-order valence-electron chi connectivity index (χ4n) is 3.76. The van der Waals surface area contributed by atoms with Crippen LogP contribution in [0.4, 0.5) is 28.0 Å². The Labute approximate surface area is 194 Å². The number of ether oxygens (including phenoxy) is 1. The molecule has 0 radical (unpaired) electrons. The van der Waals surface area contributed by atoms with E-state index in [2.05, 4.69) is 9.17 Å². The number of pyridine rings is 1. The van der Waals surface area contributed by atoms with E-state index in [1.54, 1.807) is 31.7 Å². The maximum absolute atomic E-state index is 14.8. The lowest BCUT2D eigenvalue weighted by atomic mass is 10.1. The first kappa shape index (κ1) is 25.8. The Hall–Kier alpha value is -2.83. The van der Waals surface area contributed by atoms with E-state index >= 15 is 0 Å². The fraction of sp³-hybridized carbons (Fsp3) is 0.524. The summed E-state index contributed by atoms with van der Waals surface area (Å²) in [6.45, 7) is 9.78. The molecule has 1 aliphatic rings. The summed E-state index contributed by atoms with van der Waals surface area (Å²) in [5.74, 6) is -1.76. The number of rotatable bonds is 3. The maximum atomic E-state index is 14.8. The minimum Gasteiger partial charge on any atom is -0.444 e. The first-order valence-corrected chi connectivity index (χ1v) is 11.8.